The van der Waals surface area contributed by atoms with E-state index in [4.69, 9.17) is 0 Å². The Morgan fingerprint density at radius 3 is 2.38 bits per heavy atom. The third-order valence-corrected chi connectivity index (χ3v) is 4.98. The van der Waals surface area contributed by atoms with Crippen LogP contribution in [-0.2, 0) is 24.3 Å². The number of phenolic OH excluding ortho intramolecular Hbond substituents is 1. The molecule has 1 amide bonds. The monoisotopic (exact) mass is 352 g/mol. The summed E-state index contributed by atoms with van der Waals surface area (Å²) in [6, 6.07) is 15.7. The van der Waals surface area contributed by atoms with E-state index < -0.39 is 0 Å². The Balaban J connectivity index is 1.41. The van der Waals surface area contributed by atoms with Crippen LogP contribution in [0.25, 0.3) is 0 Å². The average molecular weight is 352 g/mol. The fourth-order valence-electron chi connectivity index (χ4n) is 3.40. The first kappa shape index (κ1) is 18.5. The second-order valence-electron chi connectivity index (χ2n) is 7.06. The lowest BCUT2D eigenvalue weighted by Crippen LogP contribution is -2.29. The molecule has 1 heterocycles. The van der Waals surface area contributed by atoms with Gasteiger partial charge in [0, 0.05) is 19.5 Å². The highest BCUT2D eigenvalue weighted by molar-refractivity contribution is 5.76. The van der Waals surface area contributed by atoms with Crippen LogP contribution in [0.15, 0.2) is 48.5 Å². The van der Waals surface area contributed by atoms with Gasteiger partial charge in [-0.1, -0.05) is 48.9 Å². The number of para-hydroxylation sites is 1. The molecule has 0 aliphatic carbocycles. The van der Waals surface area contributed by atoms with Crippen molar-refractivity contribution in [1.82, 2.24) is 10.2 Å². The van der Waals surface area contributed by atoms with E-state index in [1.54, 1.807) is 12.1 Å². The number of benzene rings is 2. The van der Waals surface area contributed by atoms with E-state index in [2.05, 4.69) is 34.5 Å². The van der Waals surface area contributed by atoms with Gasteiger partial charge in [-0.05, 0) is 55.1 Å². The standard InChI is InChI=1S/C22H28N2O2/c25-21-7-3-2-6-20(21)12-13-22(26)23-16-18-8-10-19(11-9-18)17-24-14-4-1-5-15-24/h2-3,6-11,25H,1,4-5,12-17H2,(H,23,26). The average Bonchev–Trinajstić information content (AvgIpc) is 2.68. The Kier molecular flexibility index (Phi) is 6.67. The molecule has 0 aromatic heterocycles. The summed E-state index contributed by atoms with van der Waals surface area (Å²) >= 11 is 0. The topological polar surface area (TPSA) is 52.6 Å². The number of aryl methyl sites for hydroxylation is 1. The van der Waals surface area contributed by atoms with E-state index in [0.29, 0.717) is 19.4 Å². The van der Waals surface area contributed by atoms with Gasteiger partial charge in [0.2, 0.25) is 5.91 Å². The summed E-state index contributed by atoms with van der Waals surface area (Å²) in [5.41, 5.74) is 3.26. The minimum atomic E-state index is 0.00523. The maximum atomic E-state index is 12.0. The molecule has 0 saturated carbocycles. The lowest BCUT2D eigenvalue weighted by atomic mass is 10.1. The molecular weight excluding hydrogens is 324 g/mol. The zero-order valence-corrected chi connectivity index (χ0v) is 15.3. The number of phenols is 1. The second kappa shape index (κ2) is 9.39. The van der Waals surface area contributed by atoms with Gasteiger partial charge in [-0.3, -0.25) is 9.69 Å². The summed E-state index contributed by atoms with van der Waals surface area (Å²) in [4.78, 5) is 14.5. The Bertz CT molecular complexity index is 706. The first-order valence-corrected chi connectivity index (χ1v) is 9.54. The number of amides is 1. The molecule has 1 fully saturated rings. The summed E-state index contributed by atoms with van der Waals surface area (Å²) < 4.78 is 0. The number of aromatic hydroxyl groups is 1. The van der Waals surface area contributed by atoms with Gasteiger partial charge >= 0.3 is 0 Å². The van der Waals surface area contributed by atoms with Crippen molar-refractivity contribution in [1.29, 1.82) is 0 Å². The van der Waals surface area contributed by atoms with E-state index in [1.807, 2.05) is 12.1 Å². The zero-order valence-electron chi connectivity index (χ0n) is 15.3. The minimum Gasteiger partial charge on any atom is -0.508 e. The van der Waals surface area contributed by atoms with Crippen LogP contribution in [0.5, 0.6) is 5.75 Å². The molecule has 2 aromatic rings. The first-order valence-electron chi connectivity index (χ1n) is 9.54. The van der Waals surface area contributed by atoms with Gasteiger partial charge in [-0.15, -0.1) is 0 Å². The number of nitrogens with one attached hydrogen (secondary N) is 1. The lowest BCUT2D eigenvalue weighted by molar-refractivity contribution is -0.121. The number of carbonyl (C=O) groups is 1. The van der Waals surface area contributed by atoms with Crippen molar-refractivity contribution in [3.05, 3.63) is 65.2 Å². The fraction of sp³-hybridized carbons (Fsp3) is 0.409. The molecule has 2 N–H and O–H groups in total. The molecule has 2 aromatic carbocycles. The molecule has 0 bridgehead atoms. The van der Waals surface area contributed by atoms with Crippen molar-refractivity contribution >= 4 is 5.91 Å². The fourth-order valence-corrected chi connectivity index (χ4v) is 3.40. The molecule has 0 spiro atoms. The molecule has 1 saturated heterocycles. The Hall–Kier alpha value is -2.33. The third kappa shape index (κ3) is 5.60. The summed E-state index contributed by atoms with van der Waals surface area (Å²) in [6.45, 7) is 3.97. The first-order chi connectivity index (χ1) is 12.7. The highest BCUT2D eigenvalue weighted by Crippen LogP contribution is 2.17. The zero-order chi connectivity index (χ0) is 18.2. The summed E-state index contributed by atoms with van der Waals surface area (Å²) in [5, 5.41) is 12.7. The van der Waals surface area contributed by atoms with Gasteiger partial charge in [0.05, 0.1) is 0 Å². The number of piperidine rings is 1. The van der Waals surface area contributed by atoms with Crippen molar-refractivity contribution in [3.8, 4) is 5.75 Å². The van der Waals surface area contributed by atoms with Gasteiger partial charge in [0.25, 0.3) is 0 Å². The second-order valence-corrected chi connectivity index (χ2v) is 7.06. The lowest BCUT2D eigenvalue weighted by Gasteiger charge is -2.26. The SMILES string of the molecule is O=C(CCc1ccccc1O)NCc1ccc(CN2CCCCC2)cc1. The van der Waals surface area contributed by atoms with Crippen LogP contribution >= 0.6 is 0 Å². The molecule has 0 radical (unpaired) electrons. The minimum absolute atomic E-state index is 0.00523. The van der Waals surface area contributed by atoms with Crippen molar-refractivity contribution in [2.45, 2.75) is 45.2 Å². The summed E-state index contributed by atoms with van der Waals surface area (Å²) in [6.07, 6.45) is 4.91. The van der Waals surface area contributed by atoms with Crippen LogP contribution in [0.4, 0.5) is 0 Å². The molecule has 3 rings (SSSR count). The van der Waals surface area contributed by atoms with Crippen LogP contribution in [0.1, 0.15) is 42.4 Å². The molecule has 4 nitrogen and oxygen atoms in total. The van der Waals surface area contributed by atoms with Crippen molar-refractivity contribution in [2.75, 3.05) is 13.1 Å². The molecular formula is C22H28N2O2. The molecule has 1 aliphatic heterocycles. The number of nitrogens with zero attached hydrogens (tertiary/aromatic N) is 1. The van der Waals surface area contributed by atoms with Crippen LogP contribution in [-0.4, -0.2) is 29.0 Å². The number of hydrogen-bond donors (Lipinski definition) is 2. The van der Waals surface area contributed by atoms with Crippen LogP contribution in [0.2, 0.25) is 0 Å². The maximum Gasteiger partial charge on any atom is 0.220 e. The number of rotatable bonds is 7. The summed E-state index contributed by atoms with van der Waals surface area (Å²) in [7, 11) is 0. The highest BCUT2D eigenvalue weighted by Gasteiger charge is 2.10. The number of likely N-dealkylation sites (tertiary alicyclic amines) is 1. The Morgan fingerprint density at radius 2 is 1.65 bits per heavy atom. The molecule has 26 heavy (non-hydrogen) atoms. The predicted molar refractivity (Wildman–Crippen MR) is 104 cm³/mol. The maximum absolute atomic E-state index is 12.0. The normalized spacial score (nSPS) is 14.9. The molecule has 4 heteroatoms. The number of hydrogen-bond acceptors (Lipinski definition) is 3. The largest absolute Gasteiger partial charge is 0.508 e. The van der Waals surface area contributed by atoms with Crippen LogP contribution in [0.3, 0.4) is 0 Å². The van der Waals surface area contributed by atoms with Crippen LogP contribution in [0, 0.1) is 0 Å². The van der Waals surface area contributed by atoms with Gasteiger partial charge in [0.15, 0.2) is 0 Å². The van der Waals surface area contributed by atoms with Crippen molar-refractivity contribution in [2.24, 2.45) is 0 Å². The quantitative estimate of drug-likeness (QED) is 0.800. The molecule has 138 valence electrons. The summed E-state index contributed by atoms with van der Waals surface area (Å²) in [5.74, 6) is 0.259. The Labute approximate surface area is 155 Å². The van der Waals surface area contributed by atoms with Gasteiger partial charge in [-0.2, -0.15) is 0 Å². The Morgan fingerprint density at radius 1 is 0.962 bits per heavy atom. The van der Waals surface area contributed by atoms with Crippen LogP contribution < -0.4 is 5.32 Å². The van der Waals surface area contributed by atoms with E-state index in [0.717, 1.165) is 17.7 Å². The van der Waals surface area contributed by atoms with E-state index in [-0.39, 0.29) is 11.7 Å². The van der Waals surface area contributed by atoms with Gasteiger partial charge < -0.3 is 10.4 Å². The van der Waals surface area contributed by atoms with E-state index in [1.165, 1.54) is 37.9 Å². The third-order valence-electron chi connectivity index (χ3n) is 4.98. The molecule has 1 aliphatic rings. The predicted octanol–water partition coefficient (Wildman–Crippen LogP) is 3.63. The molecule has 0 atom stereocenters. The van der Waals surface area contributed by atoms with E-state index in [9.17, 15) is 9.90 Å². The van der Waals surface area contributed by atoms with Gasteiger partial charge in [0.1, 0.15) is 5.75 Å². The smallest absolute Gasteiger partial charge is 0.220 e. The van der Waals surface area contributed by atoms with Crippen molar-refractivity contribution < 1.29 is 9.90 Å². The van der Waals surface area contributed by atoms with E-state index >= 15 is 0 Å². The van der Waals surface area contributed by atoms with Crippen molar-refractivity contribution in [3.63, 3.8) is 0 Å². The molecule has 0 unspecified atom stereocenters. The highest BCUT2D eigenvalue weighted by atomic mass is 16.3. The number of carbonyl (C=O) groups excluding carboxylic acids is 1. The van der Waals surface area contributed by atoms with Gasteiger partial charge in [-0.25, -0.2) is 0 Å².